The summed E-state index contributed by atoms with van der Waals surface area (Å²) in [4.78, 5) is 14.1. The largest absolute Gasteiger partial charge is 0.435 e. The summed E-state index contributed by atoms with van der Waals surface area (Å²) in [6, 6.07) is 6.58. The molecule has 1 amide bonds. The number of alkyl halides is 2. The first-order chi connectivity index (χ1) is 10.5. The van der Waals surface area contributed by atoms with Crippen LogP contribution in [0.25, 0.3) is 0 Å². The molecular formula is C15H22ClF2N3O2. The van der Waals surface area contributed by atoms with Crippen LogP contribution in [0.2, 0.25) is 0 Å². The van der Waals surface area contributed by atoms with Gasteiger partial charge in [0, 0.05) is 32.2 Å². The number of piperazine rings is 1. The standard InChI is InChI=1S/C15H21F2N3O2.ClH/c1-11-8-18-6-7-20(11)10-14(21)19-9-12-2-4-13(5-3-12)22-15(16)17;/h2-5,11,15,18H,6-10H2,1H3,(H,19,21);1H/t11-;/m0./s1. The number of halogens is 3. The van der Waals surface area contributed by atoms with Gasteiger partial charge in [0.2, 0.25) is 5.91 Å². The van der Waals surface area contributed by atoms with Crippen LogP contribution in [0, 0.1) is 0 Å². The Morgan fingerprint density at radius 3 is 2.74 bits per heavy atom. The number of ether oxygens (including phenoxy) is 1. The Labute approximate surface area is 140 Å². The highest BCUT2D eigenvalue weighted by Gasteiger charge is 2.19. The van der Waals surface area contributed by atoms with Crippen molar-refractivity contribution in [3.8, 4) is 5.75 Å². The average molecular weight is 350 g/mol. The van der Waals surface area contributed by atoms with E-state index in [1.54, 1.807) is 12.1 Å². The lowest BCUT2D eigenvalue weighted by Crippen LogP contribution is -2.52. The van der Waals surface area contributed by atoms with Crippen LogP contribution in [-0.4, -0.2) is 49.6 Å². The first-order valence-corrected chi connectivity index (χ1v) is 7.30. The minimum absolute atomic E-state index is 0. The molecule has 1 aliphatic rings. The van der Waals surface area contributed by atoms with E-state index in [0.717, 1.165) is 25.2 Å². The summed E-state index contributed by atoms with van der Waals surface area (Å²) in [5, 5.41) is 6.11. The van der Waals surface area contributed by atoms with E-state index in [2.05, 4.69) is 27.2 Å². The first kappa shape index (κ1) is 19.6. The van der Waals surface area contributed by atoms with Gasteiger partial charge in [-0.15, -0.1) is 12.4 Å². The molecule has 1 heterocycles. The summed E-state index contributed by atoms with van der Waals surface area (Å²) >= 11 is 0. The van der Waals surface area contributed by atoms with Crippen LogP contribution in [-0.2, 0) is 11.3 Å². The molecule has 1 saturated heterocycles. The summed E-state index contributed by atoms with van der Waals surface area (Å²) in [5.41, 5.74) is 0.836. The predicted molar refractivity (Wildman–Crippen MR) is 86.1 cm³/mol. The zero-order chi connectivity index (χ0) is 15.9. The van der Waals surface area contributed by atoms with Gasteiger partial charge in [-0.2, -0.15) is 8.78 Å². The highest BCUT2D eigenvalue weighted by atomic mass is 35.5. The Bertz CT molecular complexity index is 488. The molecule has 23 heavy (non-hydrogen) atoms. The fourth-order valence-corrected chi connectivity index (χ4v) is 2.35. The Morgan fingerprint density at radius 2 is 2.13 bits per heavy atom. The third-order valence-electron chi connectivity index (χ3n) is 3.62. The fourth-order valence-electron chi connectivity index (χ4n) is 2.35. The second-order valence-electron chi connectivity index (χ2n) is 5.32. The molecule has 0 bridgehead atoms. The number of carbonyl (C=O) groups excluding carboxylic acids is 1. The maximum Gasteiger partial charge on any atom is 0.387 e. The number of nitrogens with zero attached hydrogens (tertiary/aromatic N) is 1. The summed E-state index contributed by atoms with van der Waals surface area (Å²) in [7, 11) is 0. The van der Waals surface area contributed by atoms with Gasteiger partial charge in [-0.3, -0.25) is 9.69 Å². The zero-order valence-corrected chi connectivity index (χ0v) is 13.7. The number of carbonyl (C=O) groups is 1. The molecule has 0 aromatic heterocycles. The third-order valence-corrected chi connectivity index (χ3v) is 3.62. The van der Waals surface area contributed by atoms with E-state index in [-0.39, 0.29) is 24.1 Å². The normalized spacial score (nSPS) is 18.3. The van der Waals surface area contributed by atoms with Crippen molar-refractivity contribution in [3.05, 3.63) is 29.8 Å². The van der Waals surface area contributed by atoms with E-state index in [4.69, 9.17) is 0 Å². The first-order valence-electron chi connectivity index (χ1n) is 7.30. The second kappa shape index (κ2) is 9.64. The van der Waals surface area contributed by atoms with Crippen LogP contribution in [0.3, 0.4) is 0 Å². The van der Waals surface area contributed by atoms with Crippen LogP contribution in [0.5, 0.6) is 5.75 Å². The molecule has 0 radical (unpaired) electrons. The summed E-state index contributed by atoms with van der Waals surface area (Å²) < 4.78 is 28.4. The van der Waals surface area contributed by atoms with Crippen molar-refractivity contribution in [2.45, 2.75) is 26.1 Å². The average Bonchev–Trinajstić information content (AvgIpc) is 2.48. The van der Waals surface area contributed by atoms with Gasteiger partial charge in [0.15, 0.2) is 0 Å². The molecule has 0 spiro atoms. The number of rotatable bonds is 6. The van der Waals surface area contributed by atoms with E-state index in [9.17, 15) is 13.6 Å². The highest BCUT2D eigenvalue weighted by Crippen LogP contribution is 2.14. The topological polar surface area (TPSA) is 53.6 Å². The highest BCUT2D eigenvalue weighted by molar-refractivity contribution is 5.85. The number of benzene rings is 1. The molecule has 2 N–H and O–H groups in total. The van der Waals surface area contributed by atoms with Gasteiger partial charge in [-0.25, -0.2) is 0 Å². The van der Waals surface area contributed by atoms with Gasteiger partial charge < -0.3 is 15.4 Å². The van der Waals surface area contributed by atoms with Crippen molar-refractivity contribution in [1.29, 1.82) is 0 Å². The van der Waals surface area contributed by atoms with Gasteiger partial charge >= 0.3 is 6.61 Å². The molecule has 130 valence electrons. The van der Waals surface area contributed by atoms with Crippen LogP contribution >= 0.6 is 12.4 Å². The van der Waals surface area contributed by atoms with E-state index in [0.29, 0.717) is 19.1 Å². The van der Waals surface area contributed by atoms with Crippen LogP contribution in [0.1, 0.15) is 12.5 Å². The number of amides is 1. The Balaban J connectivity index is 0.00000264. The maximum atomic E-state index is 12.0. The van der Waals surface area contributed by atoms with Gasteiger partial charge in [-0.05, 0) is 24.6 Å². The monoisotopic (exact) mass is 349 g/mol. The van der Waals surface area contributed by atoms with Gasteiger partial charge in [0.1, 0.15) is 5.75 Å². The molecule has 0 aliphatic carbocycles. The second-order valence-corrected chi connectivity index (χ2v) is 5.32. The van der Waals surface area contributed by atoms with Crippen molar-refractivity contribution in [2.24, 2.45) is 0 Å². The van der Waals surface area contributed by atoms with Crippen molar-refractivity contribution in [2.75, 3.05) is 26.2 Å². The number of hydrogen-bond donors (Lipinski definition) is 2. The quantitative estimate of drug-likeness (QED) is 0.819. The van der Waals surface area contributed by atoms with Crippen molar-refractivity contribution in [3.63, 3.8) is 0 Å². The molecule has 0 unspecified atom stereocenters. The molecule has 0 saturated carbocycles. The van der Waals surface area contributed by atoms with Crippen molar-refractivity contribution < 1.29 is 18.3 Å². The molecule has 1 aromatic rings. The maximum absolute atomic E-state index is 12.0. The zero-order valence-electron chi connectivity index (χ0n) is 12.9. The lowest BCUT2D eigenvalue weighted by Gasteiger charge is -2.33. The molecular weight excluding hydrogens is 328 g/mol. The number of hydrogen-bond acceptors (Lipinski definition) is 4. The van der Waals surface area contributed by atoms with Crippen LogP contribution in [0.15, 0.2) is 24.3 Å². The Hall–Kier alpha value is -1.44. The van der Waals surface area contributed by atoms with E-state index >= 15 is 0 Å². The van der Waals surface area contributed by atoms with E-state index in [1.807, 2.05) is 0 Å². The smallest absolute Gasteiger partial charge is 0.387 e. The van der Waals surface area contributed by atoms with Crippen LogP contribution < -0.4 is 15.4 Å². The third kappa shape index (κ3) is 6.68. The lowest BCUT2D eigenvalue weighted by molar-refractivity contribution is -0.123. The minimum Gasteiger partial charge on any atom is -0.435 e. The summed E-state index contributed by atoms with van der Waals surface area (Å²) in [6.45, 7) is 2.63. The molecule has 1 aliphatic heterocycles. The molecule has 8 heteroatoms. The summed E-state index contributed by atoms with van der Waals surface area (Å²) in [5.74, 6) is 0.0707. The predicted octanol–water partition coefficient (Wildman–Crippen LogP) is 1.62. The van der Waals surface area contributed by atoms with E-state index < -0.39 is 6.61 Å². The van der Waals surface area contributed by atoms with Gasteiger partial charge in [-0.1, -0.05) is 12.1 Å². The van der Waals surface area contributed by atoms with Crippen molar-refractivity contribution >= 4 is 18.3 Å². The minimum atomic E-state index is -2.83. The number of nitrogens with one attached hydrogen (secondary N) is 2. The van der Waals surface area contributed by atoms with E-state index in [1.165, 1.54) is 12.1 Å². The van der Waals surface area contributed by atoms with Gasteiger partial charge in [0.25, 0.3) is 0 Å². The van der Waals surface area contributed by atoms with Crippen molar-refractivity contribution in [1.82, 2.24) is 15.5 Å². The Morgan fingerprint density at radius 1 is 1.43 bits per heavy atom. The molecule has 1 aromatic carbocycles. The van der Waals surface area contributed by atoms with Gasteiger partial charge in [0.05, 0.1) is 6.54 Å². The van der Waals surface area contributed by atoms with Crippen LogP contribution in [0.4, 0.5) is 8.78 Å². The molecule has 1 fully saturated rings. The molecule has 1 atom stereocenters. The molecule has 2 rings (SSSR count). The fraction of sp³-hybridized carbons (Fsp3) is 0.533. The Kier molecular flexibility index (Phi) is 8.22. The molecule has 5 nitrogen and oxygen atoms in total. The summed E-state index contributed by atoms with van der Waals surface area (Å²) in [6.07, 6.45) is 0. The lowest BCUT2D eigenvalue weighted by atomic mass is 10.2. The SMILES string of the molecule is C[C@H]1CNCCN1CC(=O)NCc1ccc(OC(F)F)cc1.Cl.